The van der Waals surface area contributed by atoms with Gasteiger partial charge in [0.15, 0.2) is 0 Å². The molecule has 0 spiro atoms. The molecule has 2 atom stereocenters. The van der Waals surface area contributed by atoms with Crippen LogP contribution in [-0.2, 0) is 6.54 Å². The third-order valence-corrected chi connectivity index (χ3v) is 3.69. The third-order valence-electron chi connectivity index (χ3n) is 3.69. The number of nitrogens with two attached hydrogens (primary N) is 1. The van der Waals surface area contributed by atoms with Gasteiger partial charge in [0.2, 0.25) is 0 Å². The summed E-state index contributed by atoms with van der Waals surface area (Å²) in [7, 11) is 0. The monoisotopic (exact) mass is 235 g/mol. The molecule has 0 aromatic carbocycles. The van der Waals surface area contributed by atoms with Gasteiger partial charge in [-0.15, -0.1) is 0 Å². The van der Waals surface area contributed by atoms with Gasteiger partial charge in [0.25, 0.3) is 5.91 Å². The van der Waals surface area contributed by atoms with E-state index in [0.29, 0.717) is 12.5 Å². The lowest BCUT2D eigenvalue weighted by Gasteiger charge is -2.35. The number of hydrogen-bond donors (Lipinski definition) is 1. The third kappa shape index (κ3) is 2.36. The number of nitrogens with zero attached hydrogens (tertiary/aromatic N) is 2. The molecule has 1 saturated heterocycles. The van der Waals surface area contributed by atoms with Crippen LogP contribution < -0.4 is 5.73 Å². The van der Waals surface area contributed by atoms with Gasteiger partial charge in [-0.25, -0.2) is 0 Å². The Kier molecular flexibility index (Phi) is 3.52. The van der Waals surface area contributed by atoms with Crippen molar-refractivity contribution in [2.75, 3.05) is 13.1 Å². The Hall–Kier alpha value is -1.29. The van der Waals surface area contributed by atoms with Crippen LogP contribution in [0.2, 0.25) is 0 Å². The molecule has 1 aromatic rings. The highest BCUT2D eigenvalue weighted by atomic mass is 16.2. The molecule has 4 nitrogen and oxygen atoms in total. The highest BCUT2D eigenvalue weighted by Crippen LogP contribution is 2.18. The second-order valence-electron chi connectivity index (χ2n) is 4.86. The zero-order valence-corrected chi connectivity index (χ0v) is 10.6. The molecule has 4 heteroatoms. The van der Waals surface area contributed by atoms with Crippen molar-refractivity contribution >= 4 is 5.91 Å². The normalized spacial score (nSPS) is 25.0. The number of likely N-dealkylation sites (tertiary alicyclic amines) is 1. The van der Waals surface area contributed by atoms with Gasteiger partial charge >= 0.3 is 0 Å². The fourth-order valence-electron chi connectivity index (χ4n) is 2.33. The van der Waals surface area contributed by atoms with Gasteiger partial charge in [0.1, 0.15) is 5.69 Å². The number of rotatable bonds is 2. The first-order valence-electron chi connectivity index (χ1n) is 6.33. The van der Waals surface area contributed by atoms with Crippen LogP contribution in [0.4, 0.5) is 0 Å². The summed E-state index contributed by atoms with van der Waals surface area (Å²) in [6, 6.07) is 3.91. The van der Waals surface area contributed by atoms with Gasteiger partial charge in [-0.2, -0.15) is 0 Å². The first-order chi connectivity index (χ1) is 8.13. The zero-order chi connectivity index (χ0) is 12.4. The molecule has 0 saturated carbocycles. The average molecular weight is 235 g/mol. The van der Waals surface area contributed by atoms with Crippen molar-refractivity contribution in [1.82, 2.24) is 9.47 Å². The van der Waals surface area contributed by atoms with Crippen molar-refractivity contribution in [3.63, 3.8) is 0 Å². The van der Waals surface area contributed by atoms with E-state index in [1.54, 1.807) is 0 Å². The lowest BCUT2D eigenvalue weighted by molar-refractivity contribution is 0.0661. The van der Waals surface area contributed by atoms with E-state index in [1.165, 1.54) is 0 Å². The van der Waals surface area contributed by atoms with Crippen molar-refractivity contribution in [3.05, 3.63) is 24.0 Å². The molecular weight excluding hydrogens is 214 g/mol. The smallest absolute Gasteiger partial charge is 0.270 e. The van der Waals surface area contributed by atoms with Crippen molar-refractivity contribution in [2.45, 2.75) is 32.9 Å². The summed E-state index contributed by atoms with van der Waals surface area (Å²) in [5.74, 6) is 0.621. The summed E-state index contributed by atoms with van der Waals surface area (Å²) in [6.45, 7) is 6.52. The molecule has 1 aliphatic heterocycles. The average Bonchev–Trinajstić information content (AvgIpc) is 2.80. The first-order valence-corrected chi connectivity index (χ1v) is 6.33. The van der Waals surface area contributed by atoms with Gasteiger partial charge in [-0.05, 0) is 31.4 Å². The predicted molar refractivity (Wildman–Crippen MR) is 67.8 cm³/mol. The molecular formula is C13H21N3O. The highest BCUT2D eigenvalue weighted by Gasteiger charge is 2.27. The summed E-state index contributed by atoms with van der Waals surface area (Å²) in [5, 5.41) is 0. The van der Waals surface area contributed by atoms with Crippen LogP contribution in [0.5, 0.6) is 0 Å². The van der Waals surface area contributed by atoms with Crippen molar-refractivity contribution in [2.24, 2.45) is 11.7 Å². The molecule has 2 heterocycles. The van der Waals surface area contributed by atoms with Crippen LogP contribution in [0.15, 0.2) is 18.3 Å². The largest absolute Gasteiger partial charge is 0.344 e. The Morgan fingerprint density at radius 3 is 3.00 bits per heavy atom. The van der Waals surface area contributed by atoms with Gasteiger partial charge in [0.05, 0.1) is 0 Å². The maximum Gasteiger partial charge on any atom is 0.270 e. The highest BCUT2D eigenvalue weighted by molar-refractivity contribution is 5.92. The molecule has 1 aromatic heterocycles. The van der Waals surface area contributed by atoms with Crippen LogP contribution in [0, 0.1) is 5.92 Å². The van der Waals surface area contributed by atoms with E-state index in [-0.39, 0.29) is 11.9 Å². The van der Waals surface area contributed by atoms with Gasteiger partial charge < -0.3 is 15.2 Å². The molecule has 0 bridgehead atoms. The Labute approximate surface area is 102 Å². The van der Waals surface area contributed by atoms with E-state index in [9.17, 15) is 4.79 Å². The fourth-order valence-corrected chi connectivity index (χ4v) is 2.33. The Bertz CT molecular complexity index is 399. The lowest BCUT2D eigenvalue weighted by atomic mass is 9.94. The summed E-state index contributed by atoms with van der Waals surface area (Å²) >= 11 is 0. The Morgan fingerprint density at radius 2 is 2.35 bits per heavy atom. The molecule has 0 radical (unpaired) electrons. The Balaban J connectivity index is 2.10. The lowest BCUT2D eigenvalue weighted by Crippen LogP contribution is -2.50. The summed E-state index contributed by atoms with van der Waals surface area (Å²) in [6.07, 6.45) is 2.94. The van der Waals surface area contributed by atoms with Crippen LogP contribution in [0.1, 0.15) is 30.8 Å². The van der Waals surface area contributed by atoms with E-state index < -0.39 is 0 Å². The molecule has 94 valence electrons. The maximum atomic E-state index is 12.3. The number of carbonyl (C=O) groups excluding carboxylic acids is 1. The topological polar surface area (TPSA) is 51.3 Å². The zero-order valence-electron chi connectivity index (χ0n) is 10.6. The van der Waals surface area contributed by atoms with E-state index in [2.05, 4.69) is 6.92 Å². The molecule has 1 aliphatic rings. The Morgan fingerprint density at radius 1 is 1.59 bits per heavy atom. The van der Waals surface area contributed by atoms with Crippen LogP contribution in [0.3, 0.4) is 0 Å². The standard InChI is InChI=1S/C13H21N3O/c1-3-15-7-4-5-12(15)13(17)16-8-6-10(2)11(14)9-16/h4-5,7,10-11H,3,6,8-9,14H2,1-2H3. The molecule has 1 amide bonds. The maximum absolute atomic E-state index is 12.3. The molecule has 0 aliphatic carbocycles. The van der Waals surface area contributed by atoms with Gasteiger partial charge in [-0.1, -0.05) is 6.92 Å². The fraction of sp³-hybridized carbons (Fsp3) is 0.615. The van der Waals surface area contributed by atoms with Crippen molar-refractivity contribution in [3.8, 4) is 0 Å². The summed E-state index contributed by atoms with van der Waals surface area (Å²) < 4.78 is 1.98. The van der Waals surface area contributed by atoms with E-state index in [0.717, 1.165) is 25.2 Å². The van der Waals surface area contributed by atoms with E-state index >= 15 is 0 Å². The van der Waals surface area contributed by atoms with E-state index in [1.807, 2.05) is 34.7 Å². The van der Waals surface area contributed by atoms with Crippen molar-refractivity contribution < 1.29 is 4.79 Å². The number of carbonyl (C=O) groups is 1. The number of aromatic nitrogens is 1. The molecule has 2 N–H and O–H groups in total. The quantitative estimate of drug-likeness (QED) is 0.840. The first kappa shape index (κ1) is 12.2. The minimum Gasteiger partial charge on any atom is -0.344 e. The van der Waals surface area contributed by atoms with Crippen LogP contribution >= 0.6 is 0 Å². The van der Waals surface area contributed by atoms with Gasteiger partial charge in [0, 0.05) is 31.9 Å². The number of aryl methyl sites for hydroxylation is 1. The molecule has 17 heavy (non-hydrogen) atoms. The second-order valence-corrected chi connectivity index (χ2v) is 4.86. The number of amides is 1. The van der Waals surface area contributed by atoms with Gasteiger partial charge in [-0.3, -0.25) is 4.79 Å². The number of hydrogen-bond acceptors (Lipinski definition) is 2. The number of piperidine rings is 1. The molecule has 2 rings (SSSR count). The summed E-state index contributed by atoms with van der Waals surface area (Å²) in [4.78, 5) is 14.2. The SMILES string of the molecule is CCn1cccc1C(=O)N1CCC(C)C(N)C1. The predicted octanol–water partition coefficient (Wildman–Crippen LogP) is 1.32. The summed E-state index contributed by atoms with van der Waals surface area (Å²) in [5.41, 5.74) is 6.80. The van der Waals surface area contributed by atoms with E-state index in [4.69, 9.17) is 5.73 Å². The molecule has 2 unspecified atom stereocenters. The minimum absolute atomic E-state index is 0.109. The van der Waals surface area contributed by atoms with Crippen LogP contribution in [-0.4, -0.2) is 34.5 Å². The van der Waals surface area contributed by atoms with Crippen molar-refractivity contribution in [1.29, 1.82) is 0 Å². The van der Waals surface area contributed by atoms with Crippen LogP contribution in [0.25, 0.3) is 0 Å². The minimum atomic E-state index is 0.109. The molecule has 1 fully saturated rings. The second kappa shape index (κ2) is 4.92.